The molecule has 0 heterocycles. The SMILES string of the molecule is COc1ccc2c(c1)CCCC2CN(C)CCc1cccc(O)c1.Cl. The van der Waals surface area contributed by atoms with E-state index in [-0.39, 0.29) is 12.4 Å². The van der Waals surface area contributed by atoms with Crippen molar-refractivity contribution in [3.05, 3.63) is 59.2 Å². The summed E-state index contributed by atoms with van der Waals surface area (Å²) >= 11 is 0. The molecule has 25 heavy (non-hydrogen) atoms. The zero-order chi connectivity index (χ0) is 16.9. The molecule has 3 rings (SSSR count). The highest BCUT2D eigenvalue weighted by molar-refractivity contribution is 5.85. The standard InChI is InChI=1S/C21H27NO2.ClH/c1-22(12-11-16-5-3-8-19(23)13-16)15-18-7-4-6-17-14-20(24-2)9-10-21(17)18;/h3,5,8-10,13-14,18,23H,4,6-7,11-12,15H2,1-2H3;1H. The van der Waals surface area contributed by atoms with Crippen LogP contribution in [0.5, 0.6) is 11.5 Å². The molecule has 2 aromatic rings. The smallest absolute Gasteiger partial charge is 0.119 e. The maximum Gasteiger partial charge on any atom is 0.119 e. The predicted octanol–water partition coefficient (Wildman–Crippen LogP) is 4.42. The van der Waals surface area contributed by atoms with Gasteiger partial charge in [-0.25, -0.2) is 0 Å². The van der Waals surface area contributed by atoms with Crippen molar-refractivity contribution in [1.82, 2.24) is 4.90 Å². The lowest BCUT2D eigenvalue weighted by Crippen LogP contribution is -2.28. The minimum Gasteiger partial charge on any atom is -0.508 e. The van der Waals surface area contributed by atoms with Gasteiger partial charge in [-0.3, -0.25) is 0 Å². The Balaban J connectivity index is 0.00000225. The fourth-order valence-corrected chi connectivity index (χ4v) is 3.71. The van der Waals surface area contributed by atoms with Crippen molar-refractivity contribution >= 4 is 12.4 Å². The fraction of sp³-hybridized carbons (Fsp3) is 0.429. The molecule has 1 N–H and O–H groups in total. The average Bonchev–Trinajstić information content (AvgIpc) is 2.60. The van der Waals surface area contributed by atoms with Gasteiger partial charge in [0.1, 0.15) is 11.5 Å². The molecule has 2 aromatic carbocycles. The summed E-state index contributed by atoms with van der Waals surface area (Å²) in [7, 11) is 3.93. The van der Waals surface area contributed by atoms with Crippen molar-refractivity contribution in [2.75, 3.05) is 27.2 Å². The summed E-state index contributed by atoms with van der Waals surface area (Å²) in [4.78, 5) is 2.41. The van der Waals surface area contributed by atoms with Crippen LogP contribution in [0.2, 0.25) is 0 Å². The highest BCUT2D eigenvalue weighted by Gasteiger charge is 2.21. The Hall–Kier alpha value is -1.71. The van der Waals surface area contributed by atoms with Crippen LogP contribution in [0.3, 0.4) is 0 Å². The van der Waals surface area contributed by atoms with Gasteiger partial charge in [0.2, 0.25) is 0 Å². The first kappa shape index (κ1) is 19.6. The Morgan fingerprint density at radius 2 is 2.04 bits per heavy atom. The number of phenolic OH excluding ortho intramolecular Hbond substituents is 1. The van der Waals surface area contributed by atoms with Crippen molar-refractivity contribution in [1.29, 1.82) is 0 Å². The van der Waals surface area contributed by atoms with E-state index in [0.717, 1.165) is 31.7 Å². The van der Waals surface area contributed by atoms with Crippen LogP contribution >= 0.6 is 12.4 Å². The topological polar surface area (TPSA) is 32.7 Å². The second-order valence-electron chi connectivity index (χ2n) is 6.84. The summed E-state index contributed by atoms with van der Waals surface area (Å²) in [6.07, 6.45) is 4.64. The predicted molar refractivity (Wildman–Crippen MR) is 105 cm³/mol. The third kappa shape index (κ3) is 5.13. The third-order valence-corrected chi connectivity index (χ3v) is 5.01. The molecular weight excluding hydrogens is 334 g/mol. The number of nitrogens with zero attached hydrogens (tertiary/aromatic N) is 1. The summed E-state index contributed by atoms with van der Waals surface area (Å²) in [5, 5.41) is 9.57. The van der Waals surface area contributed by atoms with Crippen LogP contribution in [0.15, 0.2) is 42.5 Å². The summed E-state index contributed by atoms with van der Waals surface area (Å²) in [5.41, 5.74) is 4.13. The number of fused-ring (bicyclic) bond motifs is 1. The molecule has 0 spiro atoms. The summed E-state index contributed by atoms with van der Waals surface area (Å²) in [6, 6.07) is 14.1. The van der Waals surface area contributed by atoms with Crippen LogP contribution in [0.1, 0.15) is 35.4 Å². The van der Waals surface area contributed by atoms with Gasteiger partial charge in [0.15, 0.2) is 0 Å². The number of halogens is 1. The van der Waals surface area contributed by atoms with Crippen LogP contribution in [-0.4, -0.2) is 37.3 Å². The molecule has 0 saturated heterocycles. The van der Waals surface area contributed by atoms with Crippen molar-refractivity contribution in [3.63, 3.8) is 0 Å². The lowest BCUT2D eigenvalue weighted by Gasteiger charge is -2.29. The Morgan fingerprint density at radius 1 is 1.20 bits per heavy atom. The Kier molecular flexibility index (Phi) is 7.15. The largest absolute Gasteiger partial charge is 0.508 e. The van der Waals surface area contributed by atoms with Gasteiger partial charge in [-0.2, -0.15) is 0 Å². The van der Waals surface area contributed by atoms with E-state index in [1.54, 1.807) is 13.2 Å². The van der Waals surface area contributed by atoms with Gasteiger partial charge in [-0.1, -0.05) is 18.2 Å². The first-order valence-electron chi connectivity index (χ1n) is 8.79. The number of likely N-dealkylation sites (N-methyl/N-ethyl adjacent to an activating group) is 1. The van der Waals surface area contributed by atoms with Gasteiger partial charge < -0.3 is 14.7 Å². The number of hydrogen-bond donors (Lipinski definition) is 1. The molecule has 3 nitrogen and oxygen atoms in total. The highest BCUT2D eigenvalue weighted by Crippen LogP contribution is 2.34. The van der Waals surface area contributed by atoms with Gasteiger partial charge in [-0.05, 0) is 79.6 Å². The molecule has 0 aliphatic heterocycles. The van der Waals surface area contributed by atoms with Gasteiger partial charge >= 0.3 is 0 Å². The summed E-state index contributed by atoms with van der Waals surface area (Å²) in [5.74, 6) is 1.92. The Bertz CT molecular complexity index is 689. The first-order chi connectivity index (χ1) is 11.7. The average molecular weight is 362 g/mol. The zero-order valence-electron chi connectivity index (χ0n) is 15.1. The summed E-state index contributed by atoms with van der Waals surface area (Å²) < 4.78 is 5.36. The molecule has 0 aromatic heterocycles. The van der Waals surface area contributed by atoms with Crippen molar-refractivity contribution in [2.45, 2.75) is 31.6 Å². The molecule has 1 atom stereocenters. The number of aromatic hydroxyl groups is 1. The molecule has 0 fully saturated rings. The third-order valence-electron chi connectivity index (χ3n) is 5.01. The van der Waals surface area contributed by atoms with Gasteiger partial charge in [0, 0.05) is 13.1 Å². The molecular formula is C21H28ClNO2. The number of hydrogen-bond acceptors (Lipinski definition) is 3. The number of aryl methyl sites for hydroxylation is 1. The van der Waals surface area contributed by atoms with E-state index in [0.29, 0.717) is 11.7 Å². The molecule has 4 heteroatoms. The quantitative estimate of drug-likeness (QED) is 0.826. The minimum absolute atomic E-state index is 0. The van der Waals surface area contributed by atoms with E-state index in [1.807, 2.05) is 12.1 Å². The number of ether oxygens (including phenoxy) is 1. The normalized spacial score (nSPS) is 16.2. The van der Waals surface area contributed by atoms with Crippen LogP contribution < -0.4 is 4.74 Å². The van der Waals surface area contributed by atoms with Crippen molar-refractivity contribution in [2.24, 2.45) is 0 Å². The Labute approximate surface area is 157 Å². The van der Waals surface area contributed by atoms with Gasteiger partial charge in [0.05, 0.1) is 7.11 Å². The second-order valence-corrected chi connectivity index (χ2v) is 6.84. The zero-order valence-corrected chi connectivity index (χ0v) is 15.9. The van der Waals surface area contributed by atoms with Crippen molar-refractivity contribution < 1.29 is 9.84 Å². The van der Waals surface area contributed by atoms with Crippen LogP contribution in [-0.2, 0) is 12.8 Å². The van der Waals surface area contributed by atoms with E-state index in [9.17, 15) is 5.11 Å². The summed E-state index contributed by atoms with van der Waals surface area (Å²) in [6.45, 7) is 2.09. The van der Waals surface area contributed by atoms with E-state index in [4.69, 9.17) is 4.74 Å². The molecule has 0 amide bonds. The van der Waals surface area contributed by atoms with Crippen LogP contribution in [0, 0.1) is 0 Å². The number of benzene rings is 2. The highest BCUT2D eigenvalue weighted by atomic mass is 35.5. The van der Waals surface area contributed by atoms with Crippen LogP contribution in [0.4, 0.5) is 0 Å². The fourth-order valence-electron chi connectivity index (χ4n) is 3.71. The molecule has 1 aliphatic carbocycles. The van der Waals surface area contributed by atoms with E-state index in [2.05, 4.69) is 36.2 Å². The molecule has 1 aliphatic rings. The lowest BCUT2D eigenvalue weighted by atomic mass is 9.82. The van der Waals surface area contributed by atoms with E-state index in [1.165, 1.54) is 29.5 Å². The Morgan fingerprint density at radius 3 is 2.80 bits per heavy atom. The molecule has 0 radical (unpaired) electrons. The number of phenols is 1. The lowest BCUT2D eigenvalue weighted by molar-refractivity contribution is 0.300. The van der Waals surface area contributed by atoms with Crippen molar-refractivity contribution in [3.8, 4) is 11.5 Å². The molecule has 136 valence electrons. The second kappa shape index (κ2) is 9.12. The van der Waals surface area contributed by atoms with Gasteiger partial charge in [-0.15, -0.1) is 12.4 Å². The first-order valence-corrected chi connectivity index (χ1v) is 8.79. The van der Waals surface area contributed by atoms with Gasteiger partial charge in [0.25, 0.3) is 0 Å². The van der Waals surface area contributed by atoms with E-state index >= 15 is 0 Å². The van der Waals surface area contributed by atoms with E-state index < -0.39 is 0 Å². The van der Waals surface area contributed by atoms with Crippen LogP contribution in [0.25, 0.3) is 0 Å². The number of methoxy groups -OCH3 is 1. The maximum absolute atomic E-state index is 9.57. The number of rotatable bonds is 6. The molecule has 0 saturated carbocycles. The molecule has 0 bridgehead atoms. The minimum atomic E-state index is 0. The molecule has 1 unspecified atom stereocenters. The monoisotopic (exact) mass is 361 g/mol. The maximum atomic E-state index is 9.57.